The van der Waals surface area contributed by atoms with Gasteiger partial charge in [0.05, 0.1) is 0 Å². The molecule has 4 aromatic rings. The molecule has 0 unspecified atom stereocenters. The summed E-state index contributed by atoms with van der Waals surface area (Å²) >= 11 is 0. The highest BCUT2D eigenvalue weighted by Gasteiger charge is 2.30. The normalized spacial score (nSPS) is 13.1. The number of allylic oxidation sites excluding steroid dienone is 4. The molecule has 4 rings (SSSR count). The summed E-state index contributed by atoms with van der Waals surface area (Å²) in [5.41, 5.74) is 2.07. The predicted octanol–water partition coefficient (Wildman–Crippen LogP) is 9.61. The highest BCUT2D eigenvalue weighted by Crippen LogP contribution is 2.39. The van der Waals surface area contributed by atoms with Gasteiger partial charge in [-0.2, -0.15) is 26.3 Å². The van der Waals surface area contributed by atoms with Crippen molar-refractivity contribution in [3.05, 3.63) is 132 Å². The molecule has 0 aromatic heterocycles. The lowest BCUT2D eigenvalue weighted by Gasteiger charge is -2.17. The molecule has 4 aromatic carbocycles. The molecule has 0 saturated carbocycles. The Morgan fingerprint density at radius 2 is 0.667 bits per heavy atom. The van der Waals surface area contributed by atoms with E-state index in [4.69, 9.17) is 0 Å². The van der Waals surface area contributed by atoms with E-state index in [-0.39, 0.29) is 23.3 Å². The molecule has 0 saturated heterocycles. The van der Waals surface area contributed by atoms with Crippen molar-refractivity contribution in [2.45, 2.75) is 12.4 Å². The second kappa shape index (κ2) is 10.3. The van der Waals surface area contributed by atoms with Gasteiger partial charge in [-0.05, 0) is 44.5 Å². The van der Waals surface area contributed by atoms with Gasteiger partial charge in [0.25, 0.3) is 0 Å². The highest BCUT2D eigenvalue weighted by molar-refractivity contribution is 6.05. The topological polar surface area (TPSA) is 0 Å². The quantitative estimate of drug-likeness (QED) is 0.191. The Labute approximate surface area is 204 Å². The minimum absolute atomic E-state index is 0.0228. The van der Waals surface area contributed by atoms with Crippen molar-refractivity contribution in [1.82, 2.24) is 0 Å². The fourth-order valence-corrected chi connectivity index (χ4v) is 3.91. The molecule has 0 aliphatic carbocycles. The number of hydrogen-bond acceptors (Lipinski definition) is 0. The Morgan fingerprint density at radius 3 is 0.944 bits per heavy atom. The zero-order valence-corrected chi connectivity index (χ0v) is 18.8. The van der Waals surface area contributed by atoms with Crippen molar-refractivity contribution in [1.29, 1.82) is 0 Å². The Balaban J connectivity index is 1.81. The van der Waals surface area contributed by atoms with Gasteiger partial charge in [0.2, 0.25) is 0 Å². The van der Waals surface area contributed by atoms with Crippen molar-refractivity contribution in [2.75, 3.05) is 0 Å². The molecule has 0 heterocycles. The van der Waals surface area contributed by atoms with Gasteiger partial charge in [0.15, 0.2) is 0 Å². The van der Waals surface area contributed by atoms with E-state index in [0.29, 0.717) is 0 Å². The minimum Gasteiger partial charge on any atom is -0.167 e. The first-order valence-corrected chi connectivity index (χ1v) is 11.0. The summed E-state index contributed by atoms with van der Waals surface area (Å²) in [5, 5.41) is 0. The molecule has 0 aliphatic rings. The van der Waals surface area contributed by atoms with Crippen molar-refractivity contribution < 1.29 is 26.3 Å². The van der Waals surface area contributed by atoms with E-state index < -0.39 is 23.5 Å². The van der Waals surface area contributed by atoms with Gasteiger partial charge < -0.3 is 0 Å². The van der Waals surface area contributed by atoms with Crippen LogP contribution in [-0.2, 0) is 0 Å². The molecule has 6 heteroatoms. The first-order chi connectivity index (χ1) is 17.1. The van der Waals surface area contributed by atoms with E-state index in [9.17, 15) is 26.3 Å². The van der Waals surface area contributed by atoms with Crippen LogP contribution in [0, 0.1) is 0 Å². The van der Waals surface area contributed by atoms with Crippen LogP contribution in [0.3, 0.4) is 0 Å². The maximum atomic E-state index is 13.5. The molecular formula is C30H20F6. The second-order valence-corrected chi connectivity index (χ2v) is 8.09. The smallest absolute Gasteiger partial charge is 0.167 e. The van der Waals surface area contributed by atoms with Crippen LogP contribution >= 0.6 is 0 Å². The summed E-state index contributed by atoms with van der Waals surface area (Å²) in [6, 6.07) is 30.3. The summed E-state index contributed by atoms with van der Waals surface area (Å²) in [6.07, 6.45) is -9.81. The van der Waals surface area contributed by atoms with E-state index in [1.165, 1.54) is 24.3 Å². The fourth-order valence-electron chi connectivity index (χ4n) is 3.91. The molecule has 182 valence electrons. The molecule has 0 bridgehead atoms. The predicted molar refractivity (Wildman–Crippen MR) is 132 cm³/mol. The molecule has 36 heavy (non-hydrogen) atoms. The van der Waals surface area contributed by atoms with E-state index in [0.717, 1.165) is 22.3 Å². The van der Waals surface area contributed by atoms with Gasteiger partial charge in [0, 0.05) is 12.2 Å². The summed E-state index contributed by atoms with van der Waals surface area (Å²) < 4.78 is 81.3. The summed E-state index contributed by atoms with van der Waals surface area (Å²) in [4.78, 5) is 0. The number of alkyl halides is 6. The van der Waals surface area contributed by atoms with Crippen LogP contribution in [0.5, 0.6) is 0 Å². The second-order valence-electron chi connectivity index (χ2n) is 8.09. The Hall–Kier alpha value is -4.06. The van der Waals surface area contributed by atoms with Crippen LogP contribution < -0.4 is 0 Å². The van der Waals surface area contributed by atoms with Gasteiger partial charge in [-0.15, -0.1) is 0 Å². The molecule has 0 spiro atoms. The van der Waals surface area contributed by atoms with Crippen molar-refractivity contribution in [3.63, 3.8) is 0 Å². The lowest BCUT2D eigenvalue weighted by atomic mass is 9.89. The molecule has 0 aliphatic heterocycles. The van der Waals surface area contributed by atoms with Crippen LogP contribution in [0.4, 0.5) is 26.3 Å². The average molecular weight is 494 g/mol. The third kappa shape index (κ3) is 6.54. The van der Waals surface area contributed by atoms with Crippen LogP contribution in [0.2, 0.25) is 0 Å². The maximum Gasteiger partial charge on any atom is 0.410 e. The Kier molecular flexibility index (Phi) is 7.15. The van der Waals surface area contributed by atoms with Gasteiger partial charge >= 0.3 is 12.4 Å². The largest absolute Gasteiger partial charge is 0.410 e. The SMILES string of the molecule is FC(F)(F)/C=C(/C(=C/C(F)(F)F)c1ccc(-c2ccccc2)cc1)c1ccc(-c2ccccc2)cc1. The van der Waals surface area contributed by atoms with Crippen molar-refractivity contribution >= 4 is 11.1 Å². The molecule has 0 fully saturated rings. The summed E-state index contributed by atoms with van der Waals surface area (Å²) in [5.74, 6) is 0. The molecule has 0 nitrogen and oxygen atoms in total. The number of rotatable bonds is 5. The van der Waals surface area contributed by atoms with Crippen molar-refractivity contribution in [3.8, 4) is 22.3 Å². The fraction of sp³-hybridized carbons (Fsp3) is 0.0667. The van der Waals surface area contributed by atoms with Crippen LogP contribution in [0.25, 0.3) is 33.4 Å². The number of benzene rings is 4. The van der Waals surface area contributed by atoms with Crippen LogP contribution in [0.15, 0.2) is 121 Å². The molecule has 0 radical (unpaired) electrons. The van der Waals surface area contributed by atoms with Crippen molar-refractivity contribution in [2.24, 2.45) is 0 Å². The van der Waals surface area contributed by atoms with E-state index >= 15 is 0 Å². The van der Waals surface area contributed by atoms with E-state index in [1.54, 1.807) is 24.3 Å². The summed E-state index contributed by atoms with van der Waals surface area (Å²) in [7, 11) is 0. The first-order valence-electron chi connectivity index (χ1n) is 11.0. The zero-order chi connectivity index (χ0) is 25.8. The molecule has 0 N–H and O–H groups in total. The van der Waals surface area contributed by atoms with E-state index in [2.05, 4.69) is 0 Å². The van der Waals surface area contributed by atoms with Crippen LogP contribution in [-0.4, -0.2) is 12.4 Å². The molecular weight excluding hydrogens is 474 g/mol. The lowest BCUT2D eigenvalue weighted by Crippen LogP contribution is -2.08. The van der Waals surface area contributed by atoms with Gasteiger partial charge in [-0.1, -0.05) is 109 Å². The summed E-state index contributed by atoms with van der Waals surface area (Å²) in [6.45, 7) is 0. The van der Waals surface area contributed by atoms with Gasteiger partial charge in [-0.25, -0.2) is 0 Å². The van der Waals surface area contributed by atoms with E-state index in [1.807, 2.05) is 60.7 Å². The third-order valence-corrected chi connectivity index (χ3v) is 5.51. The number of halogens is 6. The average Bonchev–Trinajstić information content (AvgIpc) is 2.86. The van der Waals surface area contributed by atoms with Gasteiger partial charge in [-0.3, -0.25) is 0 Å². The Bertz CT molecular complexity index is 1230. The molecule has 0 atom stereocenters. The first kappa shape index (κ1) is 25.0. The number of hydrogen-bond donors (Lipinski definition) is 0. The lowest BCUT2D eigenvalue weighted by molar-refractivity contribution is -0.0810. The Morgan fingerprint density at radius 1 is 0.389 bits per heavy atom. The standard InChI is InChI=1S/C30H20F6/c31-29(32,33)19-27(25-15-11-23(12-16-25)21-7-3-1-4-8-21)28(20-30(34,35)36)26-17-13-24(14-18-26)22-9-5-2-6-10-22/h1-20H/b27-19+,28-20+. The zero-order valence-electron chi connectivity index (χ0n) is 18.8. The third-order valence-electron chi connectivity index (χ3n) is 5.51. The molecule has 0 amide bonds. The maximum absolute atomic E-state index is 13.5. The highest BCUT2D eigenvalue weighted by atomic mass is 19.4. The van der Waals surface area contributed by atoms with Crippen LogP contribution in [0.1, 0.15) is 11.1 Å². The van der Waals surface area contributed by atoms with Gasteiger partial charge in [0.1, 0.15) is 0 Å². The minimum atomic E-state index is -4.83. The monoisotopic (exact) mass is 494 g/mol.